The lowest BCUT2D eigenvalue weighted by atomic mass is 10.2. The van der Waals surface area contributed by atoms with Gasteiger partial charge in [0.05, 0.1) is 34.9 Å². The number of benzene rings is 1. The van der Waals surface area contributed by atoms with Gasteiger partial charge in [-0.25, -0.2) is 9.48 Å². The van der Waals surface area contributed by atoms with E-state index in [-0.39, 0.29) is 0 Å². The second kappa shape index (κ2) is 8.60. The smallest absolute Gasteiger partial charge is 0.341 e. The van der Waals surface area contributed by atoms with Crippen LogP contribution in [0.4, 0.5) is 0 Å². The van der Waals surface area contributed by atoms with Crippen LogP contribution in [0.25, 0.3) is 5.69 Å². The van der Waals surface area contributed by atoms with Crippen LogP contribution in [-0.4, -0.2) is 27.3 Å². The third kappa shape index (κ3) is 4.09. The van der Waals surface area contributed by atoms with E-state index in [1.54, 1.807) is 23.9 Å². The molecule has 3 rings (SSSR count). The Morgan fingerprint density at radius 1 is 1.19 bits per heavy atom. The van der Waals surface area contributed by atoms with E-state index in [4.69, 9.17) is 16.3 Å². The van der Waals surface area contributed by atoms with Crippen LogP contribution >= 0.6 is 11.6 Å². The molecule has 0 unspecified atom stereocenters. The summed E-state index contributed by atoms with van der Waals surface area (Å²) in [6.45, 7) is 3.05. The molecule has 26 heavy (non-hydrogen) atoms. The highest BCUT2D eigenvalue weighted by Crippen LogP contribution is 2.23. The lowest BCUT2D eigenvalue weighted by molar-refractivity contribution is 0.0525. The number of ether oxygens (including phenoxy) is 1. The molecule has 0 spiro atoms. The Bertz CT molecular complexity index is 880. The molecule has 0 bridgehead atoms. The molecule has 134 valence electrons. The molecule has 1 N–H and O–H groups in total. The first kappa shape index (κ1) is 18.1. The molecule has 0 aliphatic rings. The summed E-state index contributed by atoms with van der Waals surface area (Å²) >= 11 is 6.30. The zero-order valence-electron chi connectivity index (χ0n) is 14.4. The Morgan fingerprint density at radius 2 is 2.00 bits per heavy atom. The molecule has 6 nitrogen and oxygen atoms in total. The predicted molar refractivity (Wildman–Crippen MR) is 99.3 cm³/mol. The van der Waals surface area contributed by atoms with Crippen molar-refractivity contribution in [2.75, 3.05) is 6.61 Å². The van der Waals surface area contributed by atoms with E-state index < -0.39 is 5.97 Å². The lowest BCUT2D eigenvalue weighted by Gasteiger charge is -2.12. The number of nitrogens with one attached hydrogen (secondary N) is 1. The fourth-order valence-corrected chi connectivity index (χ4v) is 2.78. The Morgan fingerprint density at radius 3 is 2.73 bits per heavy atom. The molecular formula is C19H19ClN4O2. The molecule has 0 aliphatic carbocycles. The molecule has 0 amide bonds. The summed E-state index contributed by atoms with van der Waals surface area (Å²) < 4.78 is 6.81. The van der Waals surface area contributed by atoms with Gasteiger partial charge in [-0.05, 0) is 31.2 Å². The van der Waals surface area contributed by atoms with Crippen molar-refractivity contribution < 1.29 is 9.53 Å². The third-order valence-corrected chi connectivity index (χ3v) is 4.09. The van der Waals surface area contributed by atoms with Crippen molar-refractivity contribution in [3.8, 4) is 5.69 Å². The maximum absolute atomic E-state index is 12.3. The number of para-hydroxylation sites is 1. The predicted octanol–water partition coefficient (Wildman–Crippen LogP) is 3.39. The molecule has 7 heteroatoms. The van der Waals surface area contributed by atoms with E-state index in [9.17, 15) is 4.79 Å². The summed E-state index contributed by atoms with van der Waals surface area (Å²) in [7, 11) is 0. The van der Waals surface area contributed by atoms with Gasteiger partial charge in [-0.15, -0.1) is 0 Å². The standard InChI is InChI=1S/C19H19ClN4O2/c1-2-26-19(25)15-12-23-24(17-9-4-3-8-16(17)20)18(15)13-21-11-14-7-5-6-10-22-14/h3-10,12,21H,2,11,13H2,1H3. The van der Waals surface area contributed by atoms with Gasteiger partial charge in [-0.3, -0.25) is 4.98 Å². The van der Waals surface area contributed by atoms with E-state index >= 15 is 0 Å². The van der Waals surface area contributed by atoms with Crippen molar-refractivity contribution in [3.63, 3.8) is 0 Å². The zero-order chi connectivity index (χ0) is 18.4. The summed E-state index contributed by atoms with van der Waals surface area (Å²) in [5, 5.41) is 8.20. The normalized spacial score (nSPS) is 10.7. The Hall–Kier alpha value is -2.70. The van der Waals surface area contributed by atoms with Crippen molar-refractivity contribution in [3.05, 3.63) is 76.8 Å². The number of hydrogen-bond acceptors (Lipinski definition) is 5. The molecule has 2 heterocycles. The van der Waals surface area contributed by atoms with Gasteiger partial charge >= 0.3 is 5.97 Å². The van der Waals surface area contributed by atoms with Crippen molar-refractivity contribution in [1.29, 1.82) is 0 Å². The minimum Gasteiger partial charge on any atom is -0.462 e. The minimum absolute atomic E-state index is 0.302. The highest BCUT2D eigenvalue weighted by molar-refractivity contribution is 6.32. The molecule has 0 fully saturated rings. The van der Waals surface area contributed by atoms with Crippen LogP contribution in [-0.2, 0) is 17.8 Å². The Balaban J connectivity index is 1.88. The summed E-state index contributed by atoms with van der Waals surface area (Å²) in [5.74, 6) is -0.402. The van der Waals surface area contributed by atoms with E-state index in [1.165, 1.54) is 6.20 Å². The van der Waals surface area contributed by atoms with Crippen LogP contribution in [0.15, 0.2) is 54.9 Å². The topological polar surface area (TPSA) is 69.0 Å². The molecular weight excluding hydrogens is 352 g/mol. The van der Waals surface area contributed by atoms with Crippen molar-refractivity contribution in [2.24, 2.45) is 0 Å². The first-order valence-corrected chi connectivity index (χ1v) is 8.68. The quantitative estimate of drug-likeness (QED) is 0.645. The highest BCUT2D eigenvalue weighted by Gasteiger charge is 2.20. The molecule has 0 atom stereocenters. The summed E-state index contributed by atoms with van der Waals surface area (Å²) in [6.07, 6.45) is 3.26. The van der Waals surface area contributed by atoms with Gasteiger partial charge in [0.25, 0.3) is 0 Å². The van der Waals surface area contributed by atoms with Crippen LogP contribution in [0.5, 0.6) is 0 Å². The summed E-state index contributed by atoms with van der Waals surface area (Å²) in [4.78, 5) is 16.6. The molecule has 0 radical (unpaired) electrons. The molecule has 0 aliphatic heterocycles. The van der Waals surface area contributed by atoms with Gasteiger partial charge in [-0.1, -0.05) is 29.8 Å². The summed E-state index contributed by atoms with van der Waals surface area (Å²) in [5.41, 5.74) is 2.72. The molecule has 3 aromatic rings. The van der Waals surface area contributed by atoms with E-state index in [0.717, 1.165) is 5.69 Å². The fraction of sp³-hybridized carbons (Fsp3) is 0.211. The molecule has 0 saturated carbocycles. The molecule has 2 aromatic heterocycles. The van der Waals surface area contributed by atoms with Gasteiger partial charge in [0.15, 0.2) is 0 Å². The van der Waals surface area contributed by atoms with Gasteiger partial charge < -0.3 is 10.1 Å². The van der Waals surface area contributed by atoms with Gasteiger partial charge in [0, 0.05) is 19.3 Å². The highest BCUT2D eigenvalue weighted by atomic mass is 35.5. The minimum atomic E-state index is -0.402. The van der Waals surface area contributed by atoms with E-state index in [1.807, 2.05) is 36.4 Å². The fourth-order valence-electron chi connectivity index (χ4n) is 2.57. The van der Waals surface area contributed by atoms with E-state index in [0.29, 0.717) is 41.7 Å². The number of carbonyl (C=O) groups is 1. The van der Waals surface area contributed by atoms with Crippen molar-refractivity contribution >= 4 is 17.6 Å². The second-order valence-corrected chi connectivity index (χ2v) is 5.92. The maximum Gasteiger partial charge on any atom is 0.341 e. The average molecular weight is 371 g/mol. The first-order valence-electron chi connectivity index (χ1n) is 8.30. The number of aromatic nitrogens is 3. The number of halogens is 1. The van der Waals surface area contributed by atoms with Crippen molar-refractivity contribution in [1.82, 2.24) is 20.1 Å². The number of carbonyl (C=O) groups excluding carboxylic acids is 1. The average Bonchev–Trinajstić information content (AvgIpc) is 3.07. The summed E-state index contributed by atoms with van der Waals surface area (Å²) in [6, 6.07) is 13.1. The Labute approximate surface area is 156 Å². The Kier molecular flexibility index (Phi) is 5.99. The number of rotatable bonds is 7. The van der Waals surface area contributed by atoms with Crippen LogP contribution in [0.2, 0.25) is 5.02 Å². The van der Waals surface area contributed by atoms with Gasteiger partial charge in [0.1, 0.15) is 5.56 Å². The van der Waals surface area contributed by atoms with Crippen molar-refractivity contribution in [2.45, 2.75) is 20.0 Å². The monoisotopic (exact) mass is 370 g/mol. The molecule has 0 saturated heterocycles. The largest absolute Gasteiger partial charge is 0.462 e. The zero-order valence-corrected chi connectivity index (χ0v) is 15.1. The number of esters is 1. The van der Waals surface area contributed by atoms with E-state index in [2.05, 4.69) is 15.4 Å². The van der Waals surface area contributed by atoms with Crippen LogP contribution < -0.4 is 5.32 Å². The third-order valence-electron chi connectivity index (χ3n) is 3.77. The lowest BCUT2D eigenvalue weighted by Crippen LogP contribution is -2.19. The van der Waals surface area contributed by atoms with Crippen LogP contribution in [0.1, 0.15) is 28.7 Å². The second-order valence-electron chi connectivity index (χ2n) is 5.51. The molecule has 1 aromatic carbocycles. The van der Waals surface area contributed by atoms with Crippen LogP contribution in [0.3, 0.4) is 0 Å². The number of nitrogens with zero attached hydrogens (tertiary/aromatic N) is 3. The van der Waals surface area contributed by atoms with Gasteiger partial charge in [0.2, 0.25) is 0 Å². The van der Waals surface area contributed by atoms with Gasteiger partial charge in [-0.2, -0.15) is 5.10 Å². The maximum atomic E-state index is 12.3. The van der Waals surface area contributed by atoms with Crippen LogP contribution in [0, 0.1) is 0 Å². The number of pyridine rings is 1. The number of hydrogen-bond donors (Lipinski definition) is 1. The SMILES string of the molecule is CCOC(=O)c1cnn(-c2ccccc2Cl)c1CNCc1ccccn1. The first-order chi connectivity index (χ1) is 12.7.